The topological polar surface area (TPSA) is 22.2 Å². The second-order valence-electron chi connectivity index (χ2n) is 14.1. The zero-order valence-electron chi connectivity index (χ0n) is 29.0. The first kappa shape index (κ1) is 30.4. The summed E-state index contributed by atoms with van der Waals surface area (Å²) in [5.41, 5.74) is 12.9. The number of aliphatic imine (C=N–C) groups is 1. The minimum atomic E-state index is 0.261. The predicted molar refractivity (Wildman–Crippen MR) is 219 cm³/mol. The van der Waals surface area contributed by atoms with Crippen LogP contribution in [0.4, 0.5) is 0 Å². The molecule has 7 aromatic carbocycles. The van der Waals surface area contributed by atoms with Gasteiger partial charge < -0.3 is 9.13 Å². The van der Waals surface area contributed by atoms with E-state index in [2.05, 4.69) is 198 Å². The maximum Gasteiger partial charge on any atom is 0.0671 e. The van der Waals surface area contributed by atoms with E-state index in [1.807, 2.05) is 0 Å². The van der Waals surface area contributed by atoms with Gasteiger partial charge in [0.2, 0.25) is 0 Å². The van der Waals surface area contributed by atoms with Gasteiger partial charge >= 0.3 is 0 Å². The first-order valence-electron chi connectivity index (χ1n) is 18.2. The van der Waals surface area contributed by atoms with Crippen LogP contribution in [0.2, 0.25) is 0 Å². The van der Waals surface area contributed by atoms with Crippen molar-refractivity contribution in [2.24, 2.45) is 10.9 Å². The molecule has 0 fully saturated rings. The highest BCUT2D eigenvalue weighted by Crippen LogP contribution is 2.40. The number of allylic oxidation sites excluding steroid dienone is 1. The summed E-state index contributed by atoms with van der Waals surface area (Å²) in [6.45, 7) is 2.37. The summed E-state index contributed by atoms with van der Waals surface area (Å²) in [5, 5.41) is 5.03. The molecule has 9 aromatic rings. The van der Waals surface area contributed by atoms with Crippen molar-refractivity contribution in [1.82, 2.24) is 9.13 Å². The molecule has 10 rings (SSSR count). The highest BCUT2D eigenvalue weighted by Gasteiger charge is 2.25. The maximum absolute atomic E-state index is 5.46. The van der Waals surface area contributed by atoms with Crippen LogP contribution < -0.4 is 0 Å². The molecule has 2 aromatic heterocycles. The lowest BCUT2D eigenvalue weighted by atomic mass is 9.83. The fourth-order valence-electron chi connectivity index (χ4n) is 8.44. The van der Waals surface area contributed by atoms with Crippen LogP contribution >= 0.6 is 0 Å². The largest absolute Gasteiger partial charge is 0.309 e. The van der Waals surface area contributed by atoms with Gasteiger partial charge in [0.25, 0.3) is 0 Å². The van der Waals surface area contributed by atoms with Crippen LogP contribution in [0.25, 0.3) is 60.7 Å². The van der Waals surface area contributed by atoms with Crippen molar-refractivity contribution in [2.75, 3.05) is 0 Å². The van der Waals surface area contributed by atoms with Crippen LogP contribution in [0, 0.1) is 5.92 Å². The minimum absolute atomic E-state index is 0.261. The van der Waals surface area contributed by atoms with E-state index in [1.165, 1.54) is 49.2 Å². The quantitative estimate of drug-likeness (QED) is 0.174. The molecule has 0 N–H and O–H groups in total. The van der Waals surface area contributed by atoms with Gasteiger partial charge in [0.1, 0.15) is 0 Å². The van der Waals surface area contributed by atoms with Crippen molar-refractivity contribution in [1.29, 1.82) is 0 Å². The Balaban J connectivity index is 1.17. The molecule has 3 heterocycles. The first-order valence-corrected chi connectivity index (χ1v) is 18.2. The Kier molecular flexibility index (Phi) is 7.24. The number of fused-ring (bicyclic) bond motifs is 6. The molecule has 0 amide bonds. The zero-order valence-corrected chi connectivity index (χ0v) is 29.0. The van der Waals surface area contributed by atoms with Gasteiger partial charge in [-0.05, 0) is 77.6 Å². The van der Waals surface area contributed by atoms with Crippen LogP contribution in [0.1, 0.15) is 36.0 Å². The molecule has 52 heavy (non-hydrogen) atoms. The van der Waals surface area contributed by atoms with Crippen molar-refractivity contribution < 1.29 is 0 Å². The van der Waals surface area contributed by atoms with Gasteiger partial charge in [0, 0.05) is 44.5 Å². The number of para-hydroxylation sites is 3. The average Bonchev–Trinajstić information content (AvgIpc) is 3.63. The molecular weight excluding hydrogens is 631 g/mol. The second kappa shape index (κ2) is 12.4. The van der Waals surface area contributed by atoms with Crippen molar-refractivity contribution in [2.45, 2.75) is 19.3 Å². The third-order valence-corrected chi connectivity index (χ3v) is 10.9. The number of rotatable bonds is 5. The van der Waals surface area contributed by atoms with E-state index in [9.17, 15) is 0 Å². The Morgan fingerprint density at radius 2 is 1.00 bits per heavy atom. The Bertz CT molecular complexity index is 2820. The van der Waals surface area contributed by atoms with Crippen molar-refractivity contribution in [3.63, 3.8) is 0 Å². The molecule has 0 saturated carbocycles. The lowest BCUT2D eigenvalue weighted by Gasteiger charge is -2.21. The van der Waals surface area contributed by atoms with Crippen molar-refractivity contribution in [3.8, 4) is 11.4 Å². The molecule has 2 unspecified atom stereocenters. The lowest BCUT2D eigenvalue weighted by molar-refractivity contribution is 0.548. The van der Waals surface area contributed by atoms with E-state index in [-0.39, 0.29) is 5.92 Å². The van der Waals surface area contributed by atoms with Crippen LogP contribution in [-0.4, -0.2) is 14.8 Å². The molecule has 1 aliphatic rings. The predicted octanol–water partition coefficient (Wildman–Crippen LogP) is 12.5. The van der Waals surface area contributed by atoms with Crippen LogP contribution in [-0.2, 0) is 0 Å². The molecular formula is C49H37N3. The van der Waals surface area contributed by atoms with Crippen LogP contribution in [0.3, 0.4) is 0 Å². The standard InChI is InChI=1S/C49H37N3/c1-33-28-44(50-45(35-18-7-3-8-19-35)31-41(33)34-16-5-2-6-17-34)36-20-15-23-38(29-36)52-47-27-14-12-25-40(47)43-30-42-39-24-11-13-26-46(39)51(48(42)32-49(43)52)37-21-9-4-10-22-37/h2-27,29-33,41H,28H2,1H3. The number of benzene rings is 7. The first-order chi connectivity index (χ1) is 25.7. The smallest absolute Gasteiger partial charge is 0.0671 e. The number of aromatic nitrogens is 2. The van der Waals surface area contributed by atoms with E-state index in [4.69, 9.17) is 4.99 Å². The highest BCUT2D eigenvalue weighted by molar-refractivity contribution is 6.19. The summed E-state index contributed by atoms with van der Waals surface area (Å²) in [6.07, 6.45) is 3.26. The lowest BCUT2D eigenvalue weighted by Crippen LogP contribution is -2.12. The Morgan fingerprint density at radius 3 is 1.67 bits per heavy atom. The van der Waals surface area contributed by atoms with Gasteiger partial charge in [-0.3, -0.25) is 4.99 Å². The van der Waals surface area contributed by atoms with Crippen molar-refractivity contribution in [3.05, 3.63) is 199 Å². The zero-order chi connectivity index (χ0) is 34.6. The van der Waals surface area contributed by atoms with Crippen LogP contribution in [0.5, 0.6) is 0 Å². The maximum atomic E-state index is 5.46. The Hall–Kier alpha value is -6.45. The highest BCUT2D eigenvalue weighted by atomic mass is 15.0. The third kappa shape index (κ3) is 5.00. The fourth-order valence-corrected chi connectivity index (χ4v) is 8.44. The Morgan fingerprint density at radius 1 is 0.462 bits per heavy atom. The van der Waals surface area contributed by atoms with Crippen LogP contribution in [0.15, 0.2) is 187 Å². The number of nitrogens with zero attached hydrogens (tertiary/aromatic N) is 3. The molecule has 2 atom stereocenters. The monoisotopic (exact) mass is 667 g/mol. The molecule has 1 aliphatic heterocycles. The fraction of sp³-hybridized carbons (Fsp3) is 0.0816. The molecule has 0 aliphatic carbocycles. The summed E-state index contributed by atoms with van der Waals surface area (Å²) in [6, 6.07) is 63.7. The summed E-state index contributed by atoms with van der Waals surface area (Å²) in [7, 11) is 0. The van der Waals surface area contributed by atoms with E-state index >= 15 is 0 Å². The summed E-state index contributed by atoms with van der Waals surface area (Å²) in [4.78, 5) is 5.46. The molecule has 3 nitrogen and oxygen atoms in total. The summed E-state index contributed by atoms with van der Waals surface area (Å²) in [5.74, 6) is 0.629. The van der Waals surface area contributed by atoms with Crippen molar-refractivity contribution >= 4 is 55.0 Å². The van der Waals surface area contributed by atoms with Gasteiger partial charge in [-0.1, -0.05) is 140 Å². The second-order valence-corrected chi connectivity index (χ2v) is 14.1. The molecule has 0 radical (unpaired) electrons. The van der Waals surface area contributed by atoms with Gasteiger partial charge in [-0.25, -0.2) is 0 Å². The van der Waals surface area contributed by atoms with Gasteiger partial charge in [0.15, 0.2) is 0 Å². The van der Waals surface area contributed by atoms with Gasteiger partial charge in [0.05, 0.1) is 27.8 Å². The Labute approximate surface area is 303 Å². The molecule has 0 spiro atoms. The average molecular weight is 668 g/mol. The SMILES string of the molecule is CC1CC(c2cccc(-n3c4ccccc4c4cc5c6ccccc6n(-c6ccccc6)c5cc43)c2)=NC(c2ccccc2)=CC1c1ccccc1. The summed E-state index contributed by atoms with van der Waals surface area (Å²) >= 11 is 0. The minimum Gasteiger partial charge on any atom is -0.309 e. The van der Waals surface area contributed by atoms with Gasteiger partial charge in [-0.15, -0.1) is 0 Å². The summed E-state index contributed by atoms with van der Waals surface area (Å²) < 4.78 is 4.85. The van der Waals surface area contributed by atoms with E-state index in [0.29, 0.717) is 5.92 Å². The molecule has 0 bridgehead atoms. The van der Waals surface area contributed by atoms with E-state index < -0.39 is 0 Å². The molecule has 0 saturated heterocycles. The van der Waals surface area contributed by atoms with E-state index in [0.717, 1.165) is 40.3 Å². The molecule has 248 valence electrons. The third-order valence-electron chi connectivity index (χ3n) is 10.9. The van der Waals surface area contributed by atoms with Gasteiger partial charge in [-0.2, -0.15) is 0 Å². The number of hydrogen-bond donors (Lipinski definition) is 0. The normalized spacial score (nSPS) is 16.3. The number of hydrogen-bond acceptors (Lipinski definition) is 1. The molecule has 3 heteroatoms. The van der Waals surface area contributed by atoms with E-state index in [1.54, 1.807) is 0 Å².